The number of hydrogen-bond donors (Lipinski definition) is 2. The molecule has 0 saturated carbocycles. The van der Waals surface area contributed by atoms with Gasteiger partial charge in [0, 0.05) is 12.1 Å². The molecule has 0 unspecified atom stereocenters. The maximum Gasteiger partial charge on any atom is 0.119 e. The number of aromatic hydroxyl groups is 1. The fourth-order valence-electron chi connectivity index (χ4n) is 1.76. The van der Waals surface area contributed by atoms with Crippen molar-refractivity contribution in [3.8, 4) is 5.75 Å². The first-order chi connectivity index (χ1) is 6.31. The van der Waals surface area contributed by atoms with Crippen molar-refractivity contribution in [3.05, 3.63) is 34.9 Å². The van der Waals surface area contributed by atoms with E-state index < -0.39 is 0 Å². The van der Waals surface area contributed by atoms with Gasteiger partial charge in [-0.3, -0.25) is 0 Å². The Morgan fingerprint density at radius 3 is 3.00 bits per heavy atom. The zero-order chi connectivity index (χ0) is 9.26. The van der Waals surface area contributed by atoms with Crippen molar-refractivity contribution < 1.29 is 5.11 Å². The standard InChI is InChI=1S/C11H13NO/c1-12-7-8-5-9-3-2-4-11(13)10(9)6-8/h2-5,12-13H,6-7H2,1H3. The van der Waals surface area contributed by atoms with Gasteiger partial charge in [-0.15, -0.1) is 0 Å². The monoisotopic (exact) mass is 175 g/mol. The smallest absolute Gasteiger partial charge is 0.119 e. The normalized spacial score (nSPS) is 14.1. The number of hydrogen-bond acceptors (Lipinski definition) is 2. The Morgan fingerprint density at radius 1 is 1.46 bits per heavy atom. The molecular formula is C11H13NO. The summed E-state index contributed by atoms with van der Waals surface area (Å²) in [4.78, 5) is 0. The molecule has 0 bridgehead atoms. The van der Waals surface area contributed by atoms with Crippen molar-refractivity contribution in [1.29, 1.82) is 0 Å². The van der Waals surface area contributed by atoms with E-state index in [0.29, 0.717) is 5.75 Å². The number of fused-ring (bicyclic) bond motifs is 1. The van der Waals surface area contributed by atoms with Crippen molar-refractivity contribution in [1.82, 2.24) is 5.32 Å². The molecule has 0 aromatic heterocycles. The predicted molar refractivity (Wildman–Crippen MR) is 53.7 cm³/mol. The molecular weight excluding hydrogens is 162 g/mol. The zero-order valence-electron chi connectivity index (χ0n) is 7.67. The lowest BCUT2D eigenvalue weighted by atomic mass is 10.1. The second kappa shape index (κ2) is 3.23. The molecule has 0 amide bonds. The van der Waals surface area contributed by atoms with Crippen LogP contribution in [0.4, 0.5) is 0 Å². The number of benzene rings is 1. The van der Waals surface area contributed by atoms with Gasteiger partial charge in [0.1, 0.15) is 5.75 Å². The number of rotatable bonds is 2. The summed E-state index contributed by atoms with van der Waals surface area (Å²) in [6.07, 6.45) is 3.02. The molecule has 2 nitrogen and oxygen atoms in total. The van der Waals surface area contributed by atoms with E-state index in [1.807, 2.05) is 19.2 Å². The van der Waals surface area contributed by atoms with Crippen LogP contribution in [0.3, 0.4) is 0 Å². The predicted octanol–water partition coefficient (Wildman–Crippen LogP) is 1.55. The Balaban J connectivity index is 2.30. The SMILES string of the molecule is CNCC1=Cc2cccc(O)c2C1. The van der Waals surface area contributed by atoms with Crippen LogP contribution in [0.2, 0.25) is 0 Å². The van der Waals surface area contributed by atoms with Gasteiger partial charge >= 0.3 is 0 Å². The molecule has 2 rings (SSSR count). The van der Waals surface area contributed by atoms with Gasteiger partial charge in [0.25, 0.3) is 0 Å². The largest absolute Gasteiger partial charge is 0.508 e. The quantitative estimate of drug-likeness (QED) is 0.714. The molecule has 1 aromatic rings. The first-order valence-corrected chi connectivity index (χ1v) is 4.46. The highest BCUT2D eigenvalue weighted by Crippen LogP contribution is 2.31. The van der Waals surface area contributed by atoms with Crippen LogP contribution < -0.4 is 5.32 Å². The third-order valence-corrected chi connectivity index (χ3v) is 2.35. The summed E-state index contributed by atoms with van der Waals surface area (Å²) in [5.41, 5.74) is 3.55. The van der Waals surface area contributed by atoms with E-state index in [9.17, 15) is 5.11 Å². The van der Waals surface area contributed by atoms with E-state index in [1.165, 1.54) is 5.57 Å². The Bertz CT molecular complexity index is 355. The van der Waals surface area contributed by atoms with Gasteiger partial charge in [-0.05, 0) is 25.1 Å². The number of likely N-dealkylation sites (N-methyl/N-ethyl adjacent to an activating group) is 1. The van der Waals surface area contributed by atoms with Gasteiger partial charge in [0.2, 0.25) is 0 Å². The van der Waals surface area contributed by atoms with Gasteiger partial charge < -0.3 is 10.4 Å². The lowest BCUT2D eigenvalue weighted by Crippen LogP contribution is -2.10. The van der Waals surface area contributed by atoms with Gasteiger partial charge in [-0.1, -0.05) is 23.8 Å². The van der Waals surface area contributed by atoms with E-state index in [0.717, 1.165) is 24.1 Å². The minimum atomic E-state index is 0.417. The molecule has 1 aromatic carbocycles. The maximum absolute atomic E-state index is 9.56. The second-order valence-electron chi connectivity index (χ2n) is 3.35. The fraction of sp³-hybridized carbons (Fsp3) is 0.273. The molecule has 0 saturated heterocycles. The van der Waals surface area contributed by atoms with Crippen LogP contribution in [0.25, 0.3) is 6.08 Å². The van der Waals surface area contributed by atoms with Crippen molar-refractivity contribution in [2.75, 3.05) is 13.6 Å². The molecule has 2 heteroatoms. The highest BCUT2D eigenvalue weighted by Gasteiger charge is 2.14. The second-order valence-corrected chi connectivity index (χ2v) is 3.35. The molecule has 0 heterocycles. The molecule has 13 heavy (non-hydrogen) atoms. The van der Waals surface area contributed by atoms with Crippen LogP contribution in [0.1, 0.15) is 11.1 Å². The number of phenolic OH excluding ortho intramolecular Hbond substituents is 1. The van der Waals surface area contributed by atoms with Gasteiger partial charge in [0.05, 0.1) is 0 Å². The molecule has 1 aliphatic carbocycles. The summed E-state index contributed by atoms with van der Waals surface area (Å²) >= 11 is 0. The van der Waals surface area contributed by atoms with Crippen molar-refractivity contribution >= 4 is 6.08 Å². The highest BCUT2D eigenvalue weighted by molar-refractivity contribution is 5.67. The molecule has 68 valence electrons. The lowest BCUT2D eigenvalue weighted by molar-refractivity contribution is 0.469. The molecule has 0 aliphatic heterocycles. The third-order valence-electron chi connectivity index (χ3n) is 2.35. The number of phenols is 1. The van der Waals surface area contributed by atoms with Crippen molar-refractivity contribution in [2.24, 2.45) is 0 Å². The van der Waals surface area contributed by atoms with Gasteiger partial charge in [-0.25, -0.2) is 0 Å². The maximum atomic E-state index is 9.56. The number of nitrogens with one attached hydrogen (secondary N) is 1. The molecule has 0 radical (unpaired) electrons. The van der Waals surface area contributed by atoms with E-state index in [4.69, 9.17) is 0 Å². The minimum Gasteiger partial charge on any atom is -0.508 e. The Hall–Kier alpha value is -1.28. The topological polar surface area (TPSA) is 32.3 Å². The average molecular weight is 175 g/mol. The van der Waals surface area contributed by atoms with E-state index in [2.05, 4.69) is 11.4 Å². The molecule has 0 atom stereocenters. The Kier molecular flexibility index (Phi) is 2.07. The zero-order valence-corrected chi connectivity index (χ0v) is 7.67. The summed E-state index contributed by atoms with van der Waals surface area (Å²) < 4.78 is 0. The minimum absolute atomic E-state index is 0.417. The molecule has 2 N–H and O–H groups in total. The lowest BCUT2D eigenvalue weighted by Gasteiger charge is -2.01. The van der Waals surface area contributed by atoms with Crippen molar-refractivity contribution in [3.63, 3.8) is 0 Å². The van der Waals surface area contributed by atoms with E-state index >= 15 is 0 Å². The Morgan fingerprint density at radius 2 is 2.31 bits per heavy atom. The van der Waals surface area contributed by atoms with Gasteiger partial charge in [-0.2, -0.15) is 0 Å². The van der Waals surface area contributed by atoms with E-state index in [-0.39, 0.29) is 0 Å². The molecule has 0 fully saturated rings. The summed E-state index contributed by atoms with van der Waals surface area (Å²) in [6, 6.07) is 5.67. The fourth-order valence-corrected chi connectivity index (χ4v) is 1.76. The molecule has 1 aliphatic rings. The first-order valence-electron chi connectivity index (χ1n) is 4.46. The summed E-state index contributed by atoms with van der Waals surface area (Å²) in [5, 5.41) is 12.7. The van der Waals surface area contributed by atoms with Crippen LogP contribution in [-0.4, -0.2) is 18.7 Å². The highest BCUT2D eigenvalue weighted by atomic mass is 16.3. The Labute approximate surface area is 77.9 Å². The van der Waals surface area contributed by atoms with Crippen molar-refractivity contribution in [2.45, 2.75) is 6.42 Å². The van der Waals surface area contributed by atoms with E-state index in [1.54, 1.807) is 6.07 Å². The average Bonchev–Trinajstić information content (AvgIpc) is 2.49. The first kappa shape index (κ1) is 8.32. The van der Waals surface area contributed by atoms with Crippen LogP contribution in [0.5, 0.6) is 5.75 Å². The van der Waals surface area contributed by atoms with Gasteiger partial charge in [0.15, 0.2) is 0 Å². The summed E-state index contributed by atoms with van der Waals surface area (Å²) in [5.74, 6) is 0.417. The van der Waals surface area contributed by atoms with Crippen LogP contribution in [-0.2, 0) is 6.42 Å². The summed E-state index contributed by atoms with van der Waals surface area (Å²) in [7, 11) is 1.93. The van der Waals surface area contributed by atoms with Crippen LogP contribution >= 0.6 is 0 Å². The third kappa shape index (κ3) is 1.45. The summed E-state index contributed by atoms with van der Waals surface area (Å²) in [6.45, 7) is 0.897. The van der Waals surface area contributed by atoms with Crippen LogP contribution in [0, 0.1) is 0 Å². The molecule has 0 spiro atoms. The van der Waals surface area contributed by atoms with Crippen LogP contribution in [0.15, 0.2) is 23.8 Å².